The van der Waals surface area contributed by atoms with Gasteiger partial charge >= 0.3 is 0 Å². The molecular formula is C14H23NO. The Bertz CT molecular complexity index is 279. The number of hydrogen-bond acceptors (Lipinski definition) is 2. The van der Waals surface area contributed by atoms with E-state index >= 15 is 0 Å². The average Bonchev–Trinajstić information content (AvgIpc) is 2.27. The van der Waals surface area contributed by atoms with Crippen LogP contribution in [0, 0.1) is 5.92 Å². The van der Waals surface area contributed by atoms with Crippen molar-refractivity contribution in [1.29, 1.82) is 0 Å². The van der Waals surface area contributed by atoms with Crippen LogP contribution in [0.2, 0.25) is 0 Å². The summed E-state index contributed by atoms with van der Waals surface area (Å²) in [5.41, 5.74) is 2.57. The topological polar surface area (TPSA) is 21.3 Å². The summed E-state index contributed by atoms with van der Waals surface area (Å²) >= 11 is 0. The monoisotopic (exact) mass is 221 g/mol. The Morgan fingerprint density at radius 2 is 1.75 bits per heavy atom. The van der Waals surface area contributed by atoms with Gasteiger partial charge in [-0.3, -0.25) is 0 Å². The number of benzene rings is 1. The highest BCUT2D eigenvalue weighted by molar-refractivity contribution is 5.21. The van der Waals surface area contributed by atoms with Crippen LogP contribution in [0.15, 0.2) is 24.3 Å². The molecule has 1 aromatic carbocycles. The lowest BCUT2D eigenvalue weighted by atomic mass is 10.1. The van der Waals surface area contributed by atoms with Crippen molar-refractivity contribution < 1.29 is 4.74 Å². The van der Waals surface area contributed by atoms with Crippen molar-refractivity contribution in [3.05, 3.63) is 35.4 Å². The summed E-state index contributed by atoms with van der Waals surface area (Å²) in [5.74, 6) is 0.720. The Balaban J connectivity index is 2.26. The van der Waals surface area contributed by atoms with Gasteiger partial charge in [0.15, 0.2) is 0 Å². The Hall–Kier alpha value is -0.860. The SMILES string of the molecule is CNCc1ccc(COCCC(C)C)cc1. The molecule has 0 radical (unpaired) electrons. The zero-order valence-corrected chi connectivity index (χ0v) is 10.6. The van der Waals surface area contributed by atoms with E-state index in [9.17, 15) is 0 Å². The van der Waals surface area contributed by atoms with E-state index in [0.29, 0.717) is 0 Å². The maximum Gasteiger partial charge on any atom is 0.0716 e. The van der Waals surface area contributed by atoms with Crippen molar-refractivity contribution in [2.24, 2.45) is 5.92 Å². The second-order valence-electron chi connectivity index (χ2n) is 4.58. The third kappa shape index (κ3) is 5.29. The first-order valence-corrected chi connectivity index (χ1v) is 6.02. The Labute approximate surface area is 99.0 Å². The van der Waals surface area contributed by atoms with Crippen molar-refractivity contribution in [2.75, 3.05) is 13.7 Å². The van der Waals surface area contributed by atoms with E-state index < -0.39 is 0 Å². The summed E-state index contributed by atoms with van der Waals surface area (Å²) in [7, 11) is 1.96. The predicted octanol–water partition coefficient (Wildman–Crippen LogP) is 2.97. The molecule has 90 valence electrons. The fraction of sp³-hybridized carbons (Fsp3) is 0.571. The van der Waals surface area contributed by atoms with Crippen molar-refractivity contribution >= 4 is 0 Å². The molecule has 1 aromatic rings. The van der Waals surface area contributed by atoms with E-state index in [0.717, 1.165) is 32.1 Å². The van der Waals surface area contributed by atoms with Crippen molar-refractivity contribution in [3.8, 4) is 0 Å². The standard InChI is InChI=1S/C14H23NO/c1-12(2)8-9-16-11-14-6-4-13(5-7-14)10-15-3/h4-7,12,15H,8-11H2,1-3H3. The van der Waals surface area contributed by atoms with E-state index in [-0.39, 0.29) is 0 Å². The summed E-state index contributed by atoms with van der Waals surface area (Å²) in [6, 6.07) is 8.58. The lowest BCUT2D eigenvalue weighted by Crippen LogP contribution is -2.05. The van der Waals surface area contributed by atoms with Crippen LogP contribution in [0.1, 0.15) is 31.4 Å². The lowest BCUT2D eigenvalue weighted by Gasteiger charge is -2.07. The van der Waals surface area contributed by atoms with E-state index in [2.05, 4.69) is 43.4 Å². The highest BCUT2D eigenvalue weighted by atomic mass is 16.5. The molecule has 2 nitrogen and oxygen atoms in total. The maximum atomic E-state index is 5.61. The minimum absolute atomic E-state index is 0.720. The van der Waals surface area contributed by atoms with E-state index in [1.54, 1.807) is 0 Å². The molecule has 0 aliphatic rings. The first kappa shape index (κ1) is 13.2. The van der Waals surface area contributed by atoms with Gasteiger partial charge in [0.2, 0.25) is 0 Å². The van der Waals surface area contributed by atoms with Gasteiger partial charge in [-0.1, -0.05) is 38.1 Å². The smallest absolute Gasteiger partial charge is 0.0716 e. The first-order valence-electron chi connectivity index (χ1n) is 6.02. The second-order valence-corrected chi connectivity index (χ2v) is 4.58. The lowest BCUT2D eigenvalue weighted by molar-refractivity contribution is 0.110. The summed E-state index contributed by atoms with van der Waals surface area (Å²) in [4.78, 5) is 0. The molecule has 1 N–H and O–H groups in total. The molecular weight excluding hydrogens is 198 g/mol. The quantitative estimate of drug-likeness (QED) is 0.715. The van der Waals surface area contributed by atoms with Crippen molar-refractivity contribution in [2.45, 2.75) is 33.4 Å². The molecule has 0 aliphatic carbocycles. The van der Waals surface area contributed by atoms with Gasteiger partial charge in [0.1, 0.15) is 0 Å². The summed E-state index contributed by atoms with van der Waals surface area (Å²) in [5, 5.41) is 3.14. The molecule has 0 fully saturated rings. The van der Waals surface area contributed by atoms with Crippen molar-refractivity contribution in [3.63, 3.8) is 0 Å². The molecule has 1 rings (SSSR count). The molecule has 0 aliphatic heterocycles. The van der Waals surface area contributed by atoms with E-state index in [1.165, 1.54) is 11.1 Å². The van der Waals surface area contributed by atoms with E-state index in [1.807, 2.05) is 7.05 Å². The number of ether oxygens (including phenoxy) is 1. The molecule has 0 saturated carbocycles. The minimum atomic E-state index is 0.720. The van der Waals surface area contributed by atoms with Crippen LogP contribution in [0.4, 0.5) is 0 Å². The molecule has 0 amide bonds. The number of nitrogens with one attached hydrogen (secondary N) is 1. The highest BCUT2D eigenvalue weighted by Gasteiger charge is 1.96. The molecule has 0 saturated heterocycles. The fourth-order valence-corrected chi connectivity index (χ4v) is 1.47. The maximum absolute atomic E-state index is 5.61. The third-order valence-corrected chi connectivity index (χ3v) is 2.51. The first-order chi connectivity index (χ1) is 7.72. The molecule has 0 spiro atoms. The highest BCUT2D eigenvalue weighted by Crippen LogP contribution is 2.07. The molecule has 0 bridgehead atoms. The fourth-order valence-electron chi connectivity index (χ4n) is 1.47. The van der Waals surface area contributed by atoms with Crippen molar-refractivity contribution in [1.82, 2.24) is 5.32 Å². The summed E-state index contributed by atoms with van der Waals surface area (Å²) in [6.45, 7) is 6.95. The molecule has 0 unspecified atom stereocenters. The Morgan fingerprint density at radius 1 is 1.12 bits per heavy atom. The predicted molar refractivity (Wildman–Crippen MR) is 68.3 cm³/mol. The third-order valence-electron chi connectivity index (χ3n) is 2.51. The molecule has 2 heteroatoms. The van der Waals surface area contributed by atoms with Crippen LogP contribution in [-0.2, 0) is 17.9 Å². The second kappa shape index (κ2) is 7.42. The van der Waals surface area contributed by atoms with Gasteiger partial charge in [-0.15, -0.1) is 0 Å². The zero-order valence-electron chi connectivity index (χ0n) is 10.6. The summed E-state index contributed by atoms with van der Waals surface area (Å²) < 4.78 is 5.61. The zero-order chi connectivity index (χ0) is 11.8. The van der Waals surface area contributed by atoms with Crippen LogP contribution >= 0.6 is 0 Å². The molecule has 16 heavy (non-hydrogen) atoms. The van der Waals surface area contributed by atoms with Crippen LogP contribution in [-0.4, -0.2) is 13.7 Å². The van der Waals surface area contributed by atoms with Gasteiger partial charge in [-0.25, -0.2) is 0 Å². The number of rotatable bonds is 7. The normalized spacial score (nSPS) is 11.0. The minimum Gasteiger partial charge on any atom is -0.377 e. The van der Waals surface area contributed by atoms with Gasteiger partial charge < -0.3 is 10.1 Å². The summed E-state index contributed by atoms with van der Waals surface area (Å²) in [6.07, 6.45) is 1.14. The van der Waals surface area contributed by atoms with Crippen LogP contribution in [0.5, 0.6) is 0 Å². The largest absolute Gasteiger partial charge is 0.377 e. The van der Waals surface area contributed by atoms with E-state index in [4.69, 9.17) is 4.74 Å². The Morgan fingerprint density at radius 3 is 2.31 bits per heavy atom. The van der Waals surface area contributed by atoms with Crippen LogP contribution in [0.3, 0.4) is 0 Å². The van der Waals surface area contributed by atoms with Gasteiger partial charge in [0, 0.05) is 13.2 Å². The van der Waals surface area contributed by atoms with Gasteiger partial charge in [0.05, 0.1) is 6.61 Å². The van der Waals surface area contributed by atoms with Gasteiger partial charge in [0.25, 0.3) is 0 Å². The van der Waals surface area contributed by atoms with Gasteiger partial charge in [-0.05, 0) is 30.5 Å². The Kier molecular flexibility index (Phi) is 6.12. The molecule has 0 aromatic heterocycles. The average molecular weight is 221 g/mol. The molecule has 0 atom stereocenters. The van der Waals surface area contributed by atoms with Gasteiger partial charge in [-0.2, -0.15) is 0 Å². The van der Waals surface area contributed by atoms with Crippen LogP contribution < -0.4 is 5.32 Å². The number of hydrogen-bond donors (Lipinski definition) is 1. The molecule has 0 heterocycles. The van der Waals surface area contributed by atoms with Crippen LogP contribution in [0.25, 0.3) is 0 Å².